The Morgan fingerprint density at radius 1 is 1.00 bits per heavy atom. The summed E-state index contributed by atoms with van der Waals surface area (Å²) in [5.74, 6) is -0.481. The van der Waals surface area contributed by atoms with Crippen molar-refractivity contribution in [3.8, 4) is 0 Å². The van der Waals surface area contributed by atoms with Gasteiger partial charge in [-0.25, -0.2) is 4.39 Å². The van der Waals surface area contributed by atoms with Crippen LogP contribution < -0.4 is 0 Å². The van der Waals surface area contributed by atoms with E-state index >= 15 is 0 Å². The summed E-state index contributed by atoms with van der Waals surface area (Å²) in [4.78, 5) is 0. The highest BCUT2D eigenvalue weighted by molar-refractivity contribution is 6.42. The first kappa shape index (κ1) is 15.6. The molecule has 0 saturated carbocycles. The summed E-state index contributed by atoms with van der Waals surface area (Å²) in [6.07, 6.45) is -0.00727. The lowest BCUT2D eigenvalue weighted by atomic mass is 10.0. The molecular formula is C15H12Cl3FO. The van der Waals surface area contributed by atoms with E-state index < -0.39 is 11.9 Å². The third kappa shape index (κ3) is 3.86. The molecule has 2 aromatic rings. The predicted octanol–water partition coefficient (Wildman–Crippen LogP) is 4.93. The van der Waals surface area contributed by atoms with Gasteiger partial charge in [-0.05, 0) is 35.7 Å². The first-order valence-electron chi connectivity index (χ1n) is 6.02. The predicted molar refractivity (Wildman–Crippen MR) is 81.3 cm³/mol. The van der Waals surface area contributed by atoms with Crippen LogP contribution in [-0.4, -0.2) is 11.2 Å². The zero-order valence-corrected chi connectivity index (χ0v) is 12.7. The van der Waals surface area contributed by atoms with Gasteiger partial charge in [0.15, 0.2) is 0 Å². The van der Waals surface area contributed by atoms with Crippen molar-refractivity contribution >= 4 is 34.8 Å². The second-order valence-corrected chi connectivity index (χ2v) is 5.72. The molecule has 0 bridgehead atoms. The van der Waals surface area contributed by atoms with Crippen molar-refractivity contribution in [2.24, 2.45) is 0 Å². The van der Waals surface area contributed by atoms with Gasteiger partial charge in [0.1, 0.15) is 5.82 Å². The van der Waals surface area contributed by atoms with Gasteiger partial charge in [0.2, 0.25) is 0 Å². The second kappa shape index (κ2) is 6.77. The Balaban J connectivity index is 2.07. The van der Waals surface area contributed by atoms with Gasteiger partial charge in [0.05, 0.1) is 21.2 Å². The summed E-state index contributed by atoms with van der Waals surface area (Å²) < 4.78 is 13.3. The largest absolute Gasteiger partial charge is 0.392 e. The zero-order valence-electron chi connectivity index (χ0n) is 10.4. The molecule has 5 heteroatoms. The lowest BCUT2D eigenvalue weighted by molar-refractivity contribution is 0.175. The molecule has 0 saturated heterocycles. The van der Waals surface area contributed by atoms with Crippen molar-refractivity contribution < 1.29 is 9.50 Å². The minimum atomic E-state index is -0.674. The molecule has 1 atom stereocenters. The van der Waals surface area contributed by atoms with Crippen LogP contribution in [0.4, 0.5) is 4.39 Å². The molecule has 1 N–H and O–H groups in total. The molecule has 1 nitrogen and oxygen atoms in total. The fourth-order valence-electron chi connectivity index (χ4n) is 1.97. The van der Waals surface area contributed by atoms with E-state index in [9.17, 15) is 9.50 Å². The minimum Gasteiger partial charge on any atom is -0.392 e. The van der Waals surface area contributed by atoms with Crippen molar-refractivity contribution in [1.82, 2.24) is 0 Å². The summed E-state index contributed by atoms with van der Waals surface area (Å²) in [5.41, 5.74) is 1.44. The molecule has 0 aliphatic heterocycles. The van der Waals surface area contributed by atoms with E-state index in [-0.39, 0.29) is 11.4 Å². The Labute approximate surface area is 131 Å². The molecule has 2 aromatic carbocycles. The normalized spacial score (nSPS) is 12.4. The SMILES string of the molecule is OC(Cc1ccc(Cl)c(Cl)c1)Cc1cccc(F)c1Cl. The molecule has 0 heterocycles. The van der Waals surface area contributed by atoms with Crippen molar-refractivity contribution in [1.29, 1.82) is 0 Å². The molecular weight excluding hydrogens is 322 g/mol. The van der Waals surface area contributed by atoms with Gasteiger partial charge in [-0.15, -0.1) is 0 Å². The van der Waals surface area contributed by atoms with Crippen molar-refractivity contribution in [2.45, 2.75) is 18.9 Å². The smallest absolute Gasteiger partial charge is 0.142 e. The minimum absolute atomic E-state index is 0.0562. The quantitative estimate of drug-likeness (QED) is 0.841. The molecule has 2 rings (SSSR count). The van der Waals surface area contributed by atoms with Gasteiger partial charge >= 0.3 is 0 Å². The summed E-state index contributed by atoms with van der Waals surface area (Å²) in [6, 6.07) is 9.75. The molecule has 0 aliphatic rings. The van der Waals surface area contributed by atoms with Crippen LogP contribution >= 0.6 is 34.8 Å². The van der Waals surface area contributed by atoms with E-state index in [2.05, 4.69) is 0 Å². The molecule has 20 heavy (non-hydrogen) atoms. The molecule has 1 unspecified atom stereocenters. The molecule has 0 aliphatic carbocycles. The third-order valence-corrected chi connectivity index (χ3v) is 4.10. The Hall–Kier alpha value is -0.800. The van der Waals surface area contributed by atoms with Crippen LogP contribution in [0, 0.1) is 5.82 Å². The van der Waals surface area contributed by atoms with Crippen LogP contribution in [0.25, 0.3) is 0 Å². The van der Waals surface area contributed by atoms with Crippen LogP contribution in [0.5, 0.6) is 0 Å². The monoisotopic (exact) mass is 332 g/mol. The Morgan fingerprint density at radius 3 is 2.45 bits per heavy atom. The lowest BCUT2D eigenvalue weighted by Gasteiger charge is -2.12. The fourth-order valence-corrected chi connectivity index (χ4v) is 2.49. The van der Waals surface area contributed by atoms with E-state index in [0.717, 1.165) is 5.56 Å². The Morgan fingerprint density at radius 2 is 1.75 bits per heavy atom. The van der Waals surface area contributed by atoms with Crippen LogP contribution in [0.1, 0.15) is 11.1 Å². The van der Waals surface area contributed by atoms with Crippen LogP contribution in [-0.2, 0) is 12.8 Å². The average molecular weight is 334 g/mol. The standard InChI is InChI=1S/C15H12Cl3FO/c16-12-5-4-9(7-13(12)17)6-11(20)8-10-2-1-3-14(19)15(10)18/h1-5,7,11,20H,6,8H2. The maximum atomic E-state index is 13.3. The summed E-state index contributed by atoms with van der Waals surface area (Å²) >= 11 is 17.6. The van der Waals surface area contributed by atoms with Crippen LogP contribution in [0.15, 0.2) is 36.4 Å². The Bertz CT molecular complexity index is 616. The van der Waals surface area contributed by atoms with E-state index in [0.29, 0.717) is 22.0 Å². The van der Waals surface area contributed by atoms with Gasteiger partial charge in [-0.2, -0.15) is 0 Å². The lowest BCUT2D eigenvalue weighted by Crippen LogP contribution is -2.14. The van der Waals surface area contributed by atoms with Crippen LogP contribution in [0.2, 0.25) is 15.1 Å². The molecule has 106 valence electrons. The molecule has 0 amide bonds. The number of benzene rings is 2. The number of hydrogen-bond donors (Lipinski definition) is 1. The van der Waals surface area contributed by atoms with E-state index in [4.69, 9.17) is 34.8 Å². The van der Waals surface area contributed by atoms with Gasteiger partial charge < -0.3 is 5.11 Å². The van der Waals surface area contributed by atoms with Gasteiger partial charge in [0.25, 0.3) is 0 Å². The third-order valence-electron chi connectivity index (χ3n) is 2.94. The highest BCUT2D eigenvalue weighted by Gasteiger charge is 2.12. The Kier molecular flexibility index (Phi) is 5.28. The molecule has 0 fully saturated rings. The van der Waals surface area contributed by atoms with Crippen molar-refractivity contribution in [2.75, 3.05) is 0 Å². The maximum absolute atomic E-state index is 13.3. The van der Waals surface area contributed by atoms with Crippen molar-refractivity contribution in [3.05, 3.63) is 68.4 Å². The number of rotatable bonds is 4. The maximum Gasteiger partial charge on any atom is 0.142 e. The number of hydrogen-bond acceptors (Lipinski definition) is 1. The number of halogens is 4. The topological polar surface area (TPSA) is 20.2 Å². The zero-order chi connectivity index (χ0) is 14.7. The highest BCUT2D eigenvalue weighted by Crippen LogP contribution is 2.25. The fraction of sp³-hybridized carbons (Fsp3) is 0.200. The number of aliphatic hydroxyl groups excluding tert-OH is 1. The summed E-state index contributed by atoms with van der Waals surface area (Å²) in [7, 11) is 0. The average Bonchev–Trinajstić information content (AvgIpc) is 2.39. The van der Waals surface area contributed by atoms with Crippen molar-refractivity contribution in [3.63, 3.8) is 0 Å². The highest BCUT2D eigenvalue weighted by atomic mass is 35.5. The van der Waals surface area contributed by atoms with E-state index in [1.54, 1.807) is 30.3 Å². The summed E-state index contributed by atoms with van der Waals surface area (Å²) in [6.45, 7) is 0. The van der Waals surface area contributed by atoms with E-state index in [1.807, 2.05) is 0 Å². The van der Waals surface area contributed by atoms with Gasteiger partial charge in [-0.1, -0.05) is 53.0 Å². The molecule has 0 aromatic heterocycles. The number of aliphatic hydroxyl groups is 1. The van der Waals surface area contributed by atoms with Gasteiger partial charge in [-0.3, -0.25) is 0 Å². The summed E-state index contributed by atoms with van der Waals surface area (Å²) in [5, 5.41) is 11.0. The van der Waals surface area contributed by atoms with Crippen LogP contribution in [0.3, 0.4) is 0 Å². The first-order chi connectivity index (χ1) is 9.47. The van der Waals surface area contributed by atoms with E-state index in [1.165, 1.54) is 6.07 Å². The second-order valence-electron chi connectivity index (χ2n) is 4.52. The molecule has 0 spiro atoms. The molecule has 0 radical (unpaired) electrons. The van der Waals surface area contributed by atoms with Gasteiger partial charge in [0, 0.05) is 6.42 Å². The first-order valence-corrected chi connectivity index (χ1v) is 7.15.